The Labute approximate surface area is 176 Å². The smallest absolute Gasteiger partial charge is 0.307 e. The maximum absolute atomic E-state index is 11.9. The fourth-order valence-electron chi connectivity index (χ4n) is 5.13. The first-order valence-corrected chi connectivity index (χ1v) is 9.34. The number of rotatable bonds is 2. The van der Waals surface area contributed by atoms with E-state index in [0.717, 1.165) is 56.3 Å². The summed E-state index contributed by atoms with van der Waals surface area (Å²) in [7, 11) is 0. The zero-order valence-electron chi connectivity index (χ0n) is 14.7. The van der Waals surface area contributed by atoms with Gasteiger partial charge in [0.2, 0.25) is 0 Å². The third kappa shape index (κ3) is 4.00. The van der Waals surface area contributed by atoms with Gasteiger partial charge in [0.1, 0.15) is 11.9 Å². The molecule has 2 N–H and O–H groups in total. The summed E-state index contributed by atoms with van der Waals surface area (Å²) in [5, 5.41) is 19.8. The van der Waals surface area contributed by atoms with Gasteiger partial charge in [0.05, 0.1) is 12.0 Å². The molecule has 26 heavy (non-hydrogen) atoms. The Hall–Kier alpha value is -0.511. The molecule has 3 aliphatic carbocycles. The predicted molar refractivity (Wildman–Crippen MR) is 90.2 cm³/mol. The Kier molecular flexibility index (Phi) is 7.64. The first kappa shape index (κ1) is 21.8. The standard InChI is InChI=1S/C20H26O4.2Mn/c21-12-9-10-16-18(11-12)24-17-8-4-3-7-15(17)19(16)13-5-1-2-6-14(13)20(22)23;;/h3,7-8,12-14,16,18,21H,1-2,4-6,9-11H2,(H,22,23);;. The number of carboxylic acid groups (broad SMARTS) is 1. The molecule has 5 atom stereocenters. The summed E-state index contributed by atoms with van der Waals surface area (Å²) in [5.41, 5.74) is 2.45. The Morgan fingerprint density at radius 2 is 1.85 bits per heavy atom. The molecule has 1 aliphatic heterocycles. The topological polar surface area (TPSA) is 66.8 Å². The molecule has 0 amide bonds. The van der Waals surface area contributed by atoms with Crippen LogP contribution in [0.1, 0.15) is 51.4 Å². The van der Waals surface area contributed by atoms with Crippen molar-refractivity contribution in [1.29, 1.82) is 0 Å². The van der Waals surface area contributed by atoms with Crippen LogP contribution in [0.3, 0.4) is 0 Å². The zero-order valence-corrected chi connectivity index (χ0v) is 17.1. The number of aliphatic carboxylic acids is 1. The summed E-state index contributed by atoms with van der Waals surface area (Å²) < 4.78 is 6.23. The van der Waals surface area contributed by atoms with E-state index in [-0.39, 0.29) is 64.1 Å². The van der Waals surface area contributed by atoms with Gasteiger partial charge >= 0.3 is 5.97 Å². The van der Waals surface area contributed by atoms with E-state index >= 15 is 0 Å². The molecule has 6 heteroatoms. The van der Waals surface area contributed by atoms with Crippen molar-refractivity contribution in [1.82, 2.24) is 0 Å². The number of hydrogen-bond acceptors (Lipinski definition) is 3. The Bertz CT molecular complexity index is 625. The maximum atomic E-state index is 11.9. The van der Waals surface area contributed by atoms with Crippen LogP contribution in [0.2, 0.25) is 0 Å². The van der Waals surface area contributed by atoms with E-state index in [9.17, 15) is 15.0 Å². The van der Waals surface area contributed by atoms with Gasteiger partial charge in [-0.1, -0.05) is 25.0 Å². The third-order valence-electron chi connectivity index (χ3n) is 6.22. The van der Waals surface area contributed by atoms with E-state index < -0.39 is 5.97 Å². The number of allylic oxidation sites excluding steroid dienone is 3. The zero-order chi connectivity index (χ0) is 16.7. The minimum atomic E-state index is -0.656. The van der Waals surface area contributed by atoms with Crippen molar-refractivity contribution in [3.05, 3.63) is 35.1 Å². The molecule has 0 aromatic heterocycles. The molecule has 4 nitrogen and oxygen atoms in total. The van der Waals surface area contributed by atoms with Crippen LogP contribution in [-0.4, -0.2) is 28.4 Å². The third-order valence-corrected chi connectivity index (χ3v) is 6.22. The van der Waals surface area contributed by atoms with Gasteiger partial charge in [-0.15, -0.1) is 0 Å². The van der Waals surface area contributed by atoms with Gasteiger partial charge < -0.3 is 14.9 Å². The molecule has 0 saturated heterocycles. The second-order valence-corrected chi connectivity index (χ2v) is 7.64. The maximum Gasteiger partial charge on any atom is 0.307 e. The first-order chi connectivity index (χ1) is 11.6. The predicted octanol–water partition coefficient (Wildman–Crippen LogP) is 3.57. The Morgan fingerprint density at radius 3 is 2.62 bits per heavy atom. The molecule has 0 spiro atoms. The second kappa shape index (κ2) is 9.12. The molecule has 5 unspecified atom stereocenters. The number of fused-ring (bicyclic) bond motifs is 2. The van der Waals surface area contributed by atoms with Crippen molar-refractivity contribution in [2.45, 2.75) is 63.6 Å². The number of carboxylic acids is 1. The summed E-state index contributed by atoms with van der Waals surface area (Å²) in [6, 6.07) is 0. The molecular formula is C20H26Mn2O4. The van der Waals surface area contributed by atoms with E-state index in [1.165, 1.54) is 5.57 Å². The van der Waals surface area contributed by atoms with E-state index in [2.05, 4.69) is 18.2 Å². The SMILES string of the molecule is O=C(O)C1CCCCC1C1=C2C=CCC=C2OC2CC(O)CCC12.[Mn].[Mn]. The van der Waals surface area contributed by atoms with Crippen molar-refractivity contribution < 1.29 is 53.9 Å². The van der Waals surface area contributed by atoms with Crippen LogP contribution in [-0.2, 0) is 43.7 Å². The number of ether oxygens (including phenoxy) is 1. The monoisotopic (exact) mass is 440 g/mol. The van der Waals surface area contributed by atoms with E-state index in [0.29, 0.717) is 6.42 Å². The average molecular weight is 440 g/mol. The summed E-state index contributed by atoms with van der Waals surface area (Å²) >= 11 is 0. The van der Waals surface area contributed by atoms with Crippen molar-refractivity contribution in [3.8, 4) is 0 Å². The molecule has 4 rings (SSSR count). The molecular weight excluding hydrogens is 414 g/mol. The van der Waals surface area contributed by atoms with E-state index in [4.69, 9.17) is 4.74 Å². The molecule has 0 bridgehead atoms. The molecule has 2 saturated carbocycles. The number of aliphatic hydroxyl groups excluding tert-OH is 1. The fourth-order valence-corrected chi connectivity index (χ4v) is 5.13. The molecule has 1 heterocycles. The van der Waals surface area contributed by atoms with Gasteiger partial charge in [-0.2, -0.15) is 0 Å². The van der Waals surface area contributed by atoms with Crippen LogP contribution in [0.5, 0.6) is 0 Å². The Morgan fingerprint density at radius 1 is 1.08 bits per heavy atom. The summed E-state index contributed by atoms with van der Waals surface area (Å²) in [4.78, 5) is 11.9. The molecule has 2 radical (unpaired) electrons. The van der Waals surface area contributed by atoms with Crippen LogP contribution in [0, 0.1) is 17.8 Å². The van der Waals surface area contributed by atoms with Crippen LogP contribution >= 0.6 is 0 Å². The van der Waals surface area contributed by atoms with Gasteiger partial charge in [0.25, 0.3) is 0 Å². The summed E-state index contributed by atoms with van der Waals surface area (Å²) in [6.45, 7) is 0. The Balaban J connectivity index is 0.00000121. The van der Waals surface area contributed by atoms with Crippen molar-refractivity contribution >= 4 is 5.97 Å². The summed E-state index contributed by atoms with van der Waals surface area (Å²) in [6.07, 6.45) is 13.1. The van der Waals surface area contributed by atoms with Gasteiger partial charge in [-0.05, 0) is 49.7 Å². The van der Waals surface area contributed by atoms with Gasteiger partial charge in [0.15, 0.2) is 0 Å². The number of hydrogen-bond donors (Lipinski definition) is 2. The van der Waals surface area contributed by atoms with Crippen LogP contribution in [0.25, 0.3) is 0 Å². The van der Waals surface area contributed by atoms with E-state index in [1.54, 1.807) is 0 Å². The fraction of sp³-hybridized carbons (Fsp3) is 0.650. The number of aliphatic hydroxyl groups is 1. The normalized spacial score (nSPS) is 35.7. The minimum Gasteiger partial charge on any atom is -0.489 e. The second-order valence-electron chi connectivity index (χ2n) is 7.64. The molecule has 0 aromatic rings. The van der Waals surface area contributed by atoms with Crippen LogP contribution in [0.4, 0.5) is 0 Å². The van der Waals surface area contributed by atoms with Crippen molar-refractivity contribution in [2.75, 3.05) is 0 Å². The number of carbonyl (C=O) groups is 1. The van der Waals surface area contributed by atoms with Crippen LogP contribution in [0.15, 0.2) is 35.1 Å². The largest absolute Gasteiger partial charge is 0.489 e. The quantitative estimate of drug-likeness (QED) is 0.645. The first-order valence-electron chi connectivity index (χ1n) is 9.34. The van der Waals surface area contributed by atoms with E-state index in [1.807, 2.05) is 0 Å². The summed E-state index contributed by atoms with van der Waals surface area (Å²) in [5.74, 6) is 0.357. The molecule has 144 valence electrons. The van der Waals surface area contributed by atoms with Gasteiger partial charge in [0, 0.05) is 52.0 Å². The molecule has 0 aromatic carbocycles. The molecule has 4 aliphatic rings. The van der Waals surface area contributed by atoms with Crippen molar-refractivity contribution in [3.63, 3.8) is 0 Å². The van der Waals surface area contributed by atoms with Gasteiger partial charge in [-0.3, -0.25) is 4.79 Å². The van der Waals surface area contributed by atoms with Crippen molar-refractivity contribution in [2.24, 2.45) is 17.8 Å². The molecule has 2 fully saturated rings. The van der Waals surface area contributed by atoms with Gasteiger partial charge in [-0.25, -0.2) is 0 Å². The minimum absolute atomic E-state index is 0. The van der Waals surface area contributed by atoms with Crippen LogP contribution < -0.4 is 0 Å². The average Bonchev–Trinajstić information content (AvgIpc) is 2.59.